The molecule has 0 aromatic carbocycles. The Morgan fingerprint density at radius 3 is 2.75 bits per heavy atom. The van der Waals surface area contributed by atoms with E-state index in [1.165, 1.54) is 12.4 Å². The van der Waals surface area contributed by atoms with Crippen LogP contribution >= 0.6 is 0 Å². The van der Waals surface area contributed by atoms with Crippen molar-refractivity contribution >= 4 is 24.2 Å². The zero-order valence-corrected chi connectivity index (χ0v) is 6.53. The maximum absolute atomic E-state index is 10.1. The topological polar surface area (TPSA) is 91.7 Å². The van der Waals surface area contributed by atoms with E-state index in [9.17, 15) is 4.79 Å². The first-order valence-corrected chi connectivity index (χ1v) is 3.17. The molecular weight excluding hydrogens is 156 g/mol. The number of allylic oxidation sites excluding steroid dienone is 1. The quantitative estimate of drug-likeness (QED) is 0.335. The largest absolute Gasteiger partial charge is 0.386 e. The fraction of sp³-hybridized carbons (Fsp3) is 0.143. The number of amidine groups is 1. The Balaban J connectivity index is 4.00. The van der Waals surface area contributed by atoms with E-state index in [1.54, 1.807) is 0 Å². The van der Waals surface area contributed by atoms with E-state index in [0.29, 0.717) is 6.29 Å². The number of rotatable bonds is 5. The fourth-order valence-electron chi connectivity index (χ4n) is 0.378. The number of hydrogen-bond donors (Lipinski definition) is 2. The van der Waals surface area contributed by atoms with Gasteiger partial charge in [0.25, 0.3) is 0 Å². The smallest absolute Gasteiger partial charge is 0.168 e. The van der Waals surface area contributed by atoms with Gasteiger partial charge in [-0.3, -0.25) is 15.2 Å². The molecule has 0 aliphatic carbocycles. The second-order valence-electron chi connectivity index (χ2n) is 1.86. The zero-order valence-electron chi connectivity index (χ0n) is 6.53. The lowest BCUT2D eigenvalue weighted by atomic mass is 10.4. The van der Waals surface area contributed by atoms with Crippen LogP contribution in [0.4, 0.5) is 0 Å². The van der Waals surface area contributed by atoms with Crippen LogP contribution in [0.25, 0.3) is 0 Å². The lowest BCUT2D eigenvalue weighted by molar-refractivity contribution is -0.102. The molecule has 0 radical (unpaired) electrons. The highest BCUT2D eigenvalue weighted by Crippen LogP contribution is 1.74. The number of nitrogens with zero attached hydrogens (tertiary/aromatic N) is 2. The minimum absolute atomic E-state index is 0.0484. The first kappa shape index (κ1) is 10.2. The summed E-state index contributed by atoms with van der Waals surface area (Å²) in [6, 6.07) is 0. The molecule has 0 rings (SSSR count). The minimum Gasteiger partial charge on any atom is -0.386 e. The van der Waals surface area contributed by atoms with Gasteiger partial charge in [-0.1, -0.05) is 6.58 Å². The summed E-state index contributed by atoms with van der Waals surface area (Å²) in [7, 11) is 0. The predicted molar refractivity (Wildman–Crippen MR) is 49.0 cm³/mol. The summed E-state index contributed by atoms with van der Waals surface area (Å²) in [5, 5.41) is 6.80. The standard InChI is InChI=1S/C7H10N4O/c1-2-6(4-12)11-5-10-3-7(8)9/h2,4-5H,1,3H2,(H3,8,9). The van der Waals surface area contributed by atoms with Gasteiger partial charge in [-0.05, 0) is 6.08 Å². The second kappa shape index (κ2) is 5.96. The van der Waals surface area contributed by atoms with Crippen LogP contribution in [-0.4, -0.2) is 30.7 Å². The molecule has 5 heteroatoms. The van der Waals surface area contributed by atoms with Crippen LogP contribution in [0.3, 0.4) is 0 Å². The molecule has 0 aliphatic heterocycles. The molecule has 0 aromatic rings. The van der Waals surface area contributed by atoms with E-state index in [0.717, 1.165) is 0 Å². The van der Waals surface area contributed by atoms with Crippen LogP contribution in [0.1, 0.15) is 0 Å². The van der Waals surface area contributed by atoms with Crippen LogP contribution < -0.4 is 5.73 Å². The fourth-order valence-corrected chi connectivity index (χ4v) is 0.378. The highest BCUT2D eigenvalue weighted by molar-refractivity contribution is 6.34. The maximum Gasteiger partial charge on any atom is 0.168 e. The van der Waals surface area contributed by atoms with Crippen LogP contribution in [0.5, 0.6) is 0 Å². The van der Waals surface area contributed by atoms with Crippen LogP contribution in [0, 0.1) is 5.41 Å². The summed E-state index contributed by atoms with van der Waals surface area (Å²) < 4.78 is 0. The van der Waals surface area contributed by atoms with E-state index in [2.05, 4.69) is 16.6 Å². The van der Waals surface area contributed by atoms with Crippen molar-refractivity contribution < 1.29 is 4.79 Å². The SMILES string of the molecule is C=CC(C=O)=NC=NCC(=N)N. The Morgan fingerprint density at radius 2 is 2.33 bits per heavy atom. The van der Waals surface area contributed by atoms with E-state index in [-0.39, 0.29) is 18.1 Å². The molecule has 0 unspecified atom stereocenters. The van der Waals surface area contributed by atoms with Crippen molar-refractivity contribution in [2.24, 2.45) is 15.7 Å². The van der Waals surface area contributed by atoms with Crippen molar-refractivity contribution in [2.45, 2.75) is 0 Å². The molecule has 0 fully saturated rings. The van der Waals surface area contributed by atoms with E-state index >= 15 is 0 Å². The molecule has 64 valence electrons. The predicted octanol–water partition coefficient (Wildman–Crippen LogP) is -0.223. The van der Waals surface area contributed by atoms with Gasteiger partial charge in [-0.2, -0.15) is 0 Å². The van der Waals surface area contributed by atoms with Crippen molar-refractivity contribution in [1.29, 1.82) is 5.41 Å². The van der Waals surface area contributed by atoms with Gasteiger partial charge in [0.1, 0.15) is 17.9 Å². The Bertz CT molecular complexity index is 232. The van der Waals surface area contributed by atoms with Crippen LogP contribution in [0.2, 0.25) is 0 Å². The number of nitrogens with two attached hydrogens (primary N) is 1. The molecule has 5 nitrogen and oxygen atoms in total. The highest BCUT2D eigenvalue weighted by Gasteiger charge is 1.85. The molecule has 0 amide bonds. The lowest BCUT2D eigenvalue weighted by Crippen LogP contribution is -2.12. The maximum atomic E-state index is 10.1. The summed E-state index contributed by atoms with van der Waals surface area (Å²) in [5.41, 5.74) is 5.20. The van der Waals surface area contributed by atoms with Crippen molar-refractivity contribution in [1.82, 2.24) is 0 Å². The van der Waals surface area contributed by atoms with Gasteiger partial charge in [-0.15, -0.1) is 0 Å². The molecule has 0 bridgehead atoms. The third-order valence-electron chi connectivity index (χ3n) is 0.880. The normalized spacial score (nSPS) is 11.5. The Hall–Kier alpha value is -1.78. The summed E-state index contributed by atoms with van der Waals surface area (Å²) in [6.45, 7) is 3.45. The number of carbonyl (C=O) groups is 1. The number of carbonyl (C=O) groups excluding carboxylic acids is 1. The Kier molecular flexibility index (Phi) is 5.08. The summed E-state index contributed by atoms with van der Waals surface area (Å²) >= 11 is 0. The molecule has 0 heterocycles. The molecule has 0 aromatic heterocycles. The molecule has 0 atom stereocenters. The second-order valence-corrected chi connectivity index (χ2v) is 1.86. The van der Waals surface area contributed by atoms with Crippen molar-refractivity contribution in [3.63, 3.8) is 0 Å². The first-order valence-electron chi connectivity index (χ1n) is 3.17. The zero-order chi connectivity index (χ0) is 9.40. The molecule has 0 saturated heterocycles. The van der Waals surface area contributed by atoms with Gasteiger partial charge in [0.2, 0.25) is 0 Å². The monoisotopic (exact) mass is 166 g/mol. The number of hydrogen-bond acceptors (Lipinski definition) is 3. The van der Waals surface area contributed by atoms with Gasteiger partial charge in [0.15, 0.2) is 6.29 Å². The van der Waals surface area contributed by atoms with Crippen molar-refractivity contribution in [2.75, 3.05) is 6.54 Å². The average molecular weight is 166 g/mol. The lowest BCUT2D eigenvalue weighted by Gasteiger charge is -1.86. The van der Waals surface area contributed by atoms with Gasteiger partial charge < -0.3 is 5.73 Å². The summed E-state index contributed by atoms with van der Waals surface area (Å²) in [6.07, 6.45) is 3.05. The highest BCUT2D eigenvalue weighted by atomic mass is 16.1. The van der Waals surface area contributed by atoms with Crippen LogP contribution in [0.15, 0.2) is 22.6 Å². The van der Waals surface area contributed by atoms with Gasteiger partial charge in [-0.25, -0.2) is 4.99 Å². The molecule has 3 N–H and O–H groups in total. The molecule has 0 aliphatic rings. The average Bonchev–Trinajstić information content (AvgIpc) is 2.04. The Morgan fingerprint density at radius 1 is 1.67 bits per heavy atom. The van der Waals surface area contributed by atoms with E-state index in [1.807, 2.05) is 0 Å². The summed E-state index contributed by atoms with van der Waals surface area (Å²) in [4.78, 5) is 17.4. The molecule has 12 heavy (non-hydrogen) atoms. The minimum atomic E-state index is -0.0484. The van der Waals surface area contributed by atoms with Gasteiger partial charge in [0, 0.05) is 0 Å². The van der Waals surface area contributed by atoms with E-state index < -0.39 is 0 Å². The van der Waals surface area contributed by atoms with Gasteiger partial charge >= 0.3 is 0 Å². The number of aliphatic imine (C=N–C) groups is 2. The van der Waals surface area contributed by atoms with E-state index in [4.69, 9.17) is 11.1 Å². The molecule has 0 saturated carbocycles. The third kappa shape index (κ3) is 5.04. The number of nitrogens with one attached hydrogen (secondary N) is 1. The van der Waals surface area contributed by atoms with Crippen LogP contribution in [-0.2, 0) is 4.79 Å². The van der Waals surface area contributed by atoms with Crippen molar-refractivity contribution in [3.8, 4) is 0 Å². The third-order valence-corrected chi connectivity index (χ3v) is 0.880. The van der Waals surface area contributed by atoms with Gasteiger partial charge in [0.05, 0.1) is 6.54 Å². The summed E-state index contributed by atoms with van der Waals surface area (Å²) in [5.74, 6) is -0.0484. The first-order chi connectivity index (χ1) is 5.70. The Labute approximate surface area is 70.2 Å². The molecule has 0 spiro atoms. The number of aldehydes is 1. The molecular formula is C7H10N4O. The van der Waals surface area contributed by atoms with Crippen molar-refractivity contribution in [3.05, 3.63) is 12.7 Å².